The summed E-state index contributed by atoms with van der Waals surface area (Å²) < 4.78 is 31.7. The molecule has 0 aliphatic carbocycles. The molecule has 0 bridgehead atoms. The summed E-state index contributed by atoms with van der Waals surface area (Å²) in [6, 6.07) is 11.6. The molecule has 4 aliphatic rings. The van der Waals surface area contributed by atoms with Gasteiger partial charge in [-0.25, -0.2) is 18.0 Å². The van der Waals surface area contributed by atoms with Crippen molar-refractivity contribution in [3.05, 3.63) is 58.7 Å². The predicted octanol–water partition coefficient (Wildman–Crippen LogP) is 3.95. The quantitative estimate of drug-likeness (QED) is 0.368. The number of para-hydroxylation sites is 1. The van der Waals surface area contributed by atoms with E-state index in [-0.39, 0.29) is 24.0 Å². The van der Waals surface area contributed by atoms with Crippen molar-refractivity contribution in [1.82, 2.24) is 34.1 Å². The van der Waals surface area contributed by atoms with E-state index in [1.54, 1.807) is 22.1 Å². The molecule has 2 atom stereocenters. The van der Waals surface area contributed by atoms with E-state index in [1.165, 1.54) is 10.6 Å². The summed E-state index contributed by atoms with van der Waals surface area (Å²) in [5.41, 5.74) is 3.40. The molecular weight excluding hydrogens is 708 g/mol. The summed E-state index contributed by atoms with van der Waals surface area (Å²) >= 11 is 6.60. The van der Waals surface area contributed by atoms with Gasteiger partial charge in [-0.05, 0) is 61.4 Å². The predicted molar refractivity (Wildman–Crippen MR) is 198 cm³/mol. The molecule has 0 radical (unpaired) electrons. The van der Waals surface area contributed by atoms with Crippen molar-refractivity contribution >= 4 is 56.2 Å². The smallest absolute Gasteiger partial charge is 0.410 e. The number of anilines is 1. The van der Waals surface area contributed by atoms with Crippen LogP contribution >= 0.6 is 11.6 Å². The Kier molecular flexibility index (Phi) is 10.7. The fraction of sp³-hybridized carbons (Fsp3) is 0.556. The molecule has 0 spiro atoms. The third kappa shape index (κ3) is 7.73. The number of rotatable bonds is 7. The number of aromatic amines is 1. The number of ether oxygens (including phenoxy) is 1. The molecule has 1 unspecified atom stereocenters. The Bertz CT molecular complexity index is 1900. The lowest BCUT2D eigenvalue weighted by molar-refractivity contribution is -0.143. The Morgan fingerprint density at radius 1 is 0.923 bits per heavy atom. The number of carbonyl (C=O) groups excluding carboxylic acids is 3. The van der Waals surface area contributed by atoms with E-state index in [1.807, 2.05) is 42.2 Å². The van der Waals surface area contributed by atoms with Crippen molar-refractivity contribution in [2.24, 2.45) is 0 Å². The number of H-pyrrole nitrogens is 1. The molecule has 1 aromatic heterocycles. The molecule has 0 saturated carbocycles. The first-order valence-electron chi connectivity index (χ1n) is 18.2. The zero-order chi connectivity index (χ0) is 36.6. The van der Waals surface area contributed by atoms with Crippen molar-refractivity contribution in [1.29, 1.82) is 0 Å². The van der Waals surface area contributed by atoms with Gasteiger partial charge in [-0.3, -0.25) is 14.8 Å². The second kappa shape index (κ2) is 15.2. The van der Waals surface area contributed by atoms with Gasteiger partial charge in [0.05, 0.1) is 23.0 Å². The van der Waals surface area contributed by atoms with Crippen molar-refractivity contribution in [3.63, 3.8) is 0 Å². The summed E-state index contributed by atoms with van der Waals surface area (Å²) in [4.78, 5) is 48.9. The van der Waals surface area contributed by atoms with Crippen LogP contribution in [0, 0.1) is 0 Å². The van der Waals surface area contributed by atoms with Gasteiger partial charge >= 0.3 is 12.1 Å². The van der Waals surface area contributed by atoms with Crippen LogP contribution in [-0.2, 0) is 26.0 Å². The summed E-state index contributed by atoms with van der Waals surface area (Å²) in [7, 11) is -3.21. The van der Waals surface area contributed by atoms with E-state index in [2.05, 4.69) is 20.4 Å². The summed E-state index contributed by atoms with van der Waals surface area (Å²) in [6.45, 7) is 6.55. The van der Waals surface area contributed by atoms with Crippen LogP contribution in [0.3, 0.4) is 0 Å². The van der Waals surface area contributed by atoms with Crippen LogP contribution in [0.15, 0.2) is 42.6 Å². The lowest BCUT2D eigenvalue weighted by Gasteiger charge is -2.43. The van der Waals surface area contributed by atoms with Gasteiger partial charge < -0.3 is 24.8 Å². The van der Waals surface area contributed by atoms with Gasteiger partial charge in [-0.2, -0.15) is 9.40 Å². The topological polar surface area (TPSA) is 151 Å². The van der Waals surface area contributed by atoms with E-state index in [4.69, 9.17) is 16.3 Å². The Morgan fingerprint density at radius 2 is 1.60 bits per heavy atom. The third-order valence-electron chi connectivity index (χ3n) is 11.3. The number of halogens is 1. The van der Waals surface area contributed by atoms with Crippen LogP contribution in [0.25, 0.3) is 10.9 Å². The number of likely N-dealkylation sites (tertiary alicyclic amines) is 2. The number of carbonyl (C=O) groups is 3. The highest BCUT2D eigenvalue weighted by Gasteiger charge is 2.39. The fourth-order valence-corrected chi connectivity index (χ4v) is 9.26. The first kappa shape index (κ1) is 36.4. The number of piperidine rings is 2. The summed E-state index contributed by atoms with van der Waals surface area (Å²) in [5.74, 6) is -0.754. The van der Waals surface area contributed by atoms with E-state index >= 15 is 0 Å². The van der Waals surface area contributed by atoms with Crippen LogP contribution < -0.4 is 5.32 Å². The van der Waals surface area contributed by atoms with Crippen LogP contribution in [-0.4, -0.2) is 144 Å². The van der Waals surface area contributed by atoms with Crippen LogP contribution in [0.4, 0.5) is 15.3 Å². The maximum absolute atomic E-state index is 14.3. The Labute approximate surface area is 309 Å². The standard InChI is InChI=1S/C36H47ClN8O6S/c1-24(26-21-27-23-38-40-32(27)30(37)22-26)33(34(46)42-12-8-28(9-13-42)41-17-19-44(20-18-41)52(2,49)50)51-36(48)43-14-10-29(11-15-43)45-16-7-25-5-3-4-6-31(25)39-35(45)47/h3-6,21-24,28-29,33H,7-20H2,1-2H3,(H,38,40)(H,39,47)/t24-,33?/m1/s1. The Hall–Kier alpha value is -3.92. The number of benzene rings is 2. The number of nitrogens with one attached hydrogen (secondary N) is 2. The monoisotopic (exact) mass is 754 g/mol. The number of urea groups is 1. The molecule has 14 nitrogen and oxygen atoms in total. The molecule has 3 aromatic rings. The number of hydrogen-bond donors (Lipinski definition) is 2. The molecule has 16 heteroatoms. The molecule has 3 saturated heterocycles. The minimum atomic E-state index is -3.21. The normalized spacial score (nSPS) is 21.4. The van der Waals surface area contributed by atoms with Gasteiger partial charge in [0, 0.05) is 88.0 Å². The van der Waals surface area contributed by atoms with Crippen molar-refractivity contribution in [2.75, 3.05) is 70.5 Å². The first-order valence-corrected chi connectivity index (χ1v) is 20.4. The van der Waals surface area contributed by atoms with Crippen molar-refractivity contribution in [3.8, 4) is 0 Å². The minimum absolute atomic E-state index is 0.0193. The number of piperazine rings is 1. The molecule has 2 aromatic carbocycles. The van der Waals surface area contributed by atoms with E-state index in [9.17, 15) is 22.8 Å². The van der Waals surface area contributed by atoms with E-state index in [0.29, 0.717) is 82.3 Å². The number of sulfonamides is 1. The Balaban J connectivity index is 1.01. The highest BCUT2D eigenvalue weighted by molar-refractivity contribution is 7.88. The highest BCUT2D eigenvalue weighted by atomic mass is 35.5. The molecule has 5 heterocycles. The van der Waals surface area contributed by atoms with E-state index < -0.39 is 28.1 Å². The van der Waals surface area contributed by atoms with Gasteiger partial charge in [0.1, 0.15) is 0 Å². The second-order valence-electron chi connectivity index (χ2n) is 14.4. The number of amides is 4. The van der Waals surface area contributed by atoms with Gasteiger partial charge in [0.15, 0.2) is 6.10 Å². The molecule has 4 amide bonds. The average molecular weight is 755 g/mol. The lowest BCUT2D eigenvalue weighted by atomic mass is 9.92. The zero-order valence-corrected chi connectivity index (χ0v) is 31.2. The molecule has 52 heavy (non-hydrogen) atoms. The fourth-order valence-electron chi connectivity index (χ4n) is 8.15. The molecular formula is C36H47ClN8O6S. The van der Waals surface area contributed by atoms with Gasteiger partial charge in [-0.15, -0.1) is 0 Å². The number of fused-ring (bicyclic) bond motifs is 2. The SMILES string of the molecule is C[C@H](c1cc(Cl)c2[nH]ncc2c1)C(OC(=O)N1CCC(N2CCc3ccccc3NC2=O)CC1)C(=O)N1CCC(N2CCN(S(C)(=O)=O)CC2)CC1. The number of aromatic nitrogens is 2. The van der Waals surface area contributed by atoms with Gasteiger partial charge in [0.2, 0.25) is 10.0 Å². The zero-order valence-electron chi connectivity index (χ0n) is 29.7. The third-order valence-corrected chi connectivity index (χ3v) is 12.9. The van der Waals surface area contributed by atoms with Crippen LogP contribution in [0.2, 0.25) is 5.02 Å². The van der Waals surface area contributed by atoms with Crippen LogP contribution in [0.1, 0.15) is 49.7 Å². The first-order chi connectivity index (χ1) is 25.0. The maximum Gasteiger partial charge on any atom is 0.410 e. The summed E-state index contributed by atoms with van der Waals surface area (Å²) in [5, 5.41) is 11.3. The van der Waals surface area contributed by atoms with Crippen molar-refractivity contribution in [2.45, 2.75) is 63.1 Å². The molecule has 2 N–H and O–H groups in total. The molecule has 4 aliphatic heterocycles. The number of hydrogen-bond acceptors (Lipinski definition) is 8. The molecule has 7 rings (SSSR count). The van der Waals surface area contributed by atoms with Crippen molar-refractivity contribution < 1.29 is 27.5 Å². The highest BCUT2D eigenvalue weighted by Crippen LogP contribution is 2.32. The largest absolute Gasteiger partial charge is 0.435 e. The van der Waals surface area contributed by atoms with E-state index in [0.717, 1.165) is 41.5 Å². The minimum Gasteiger partial charge on any atom is -0.435 e. The Morgan fingerprint density at radius 3 is 2.31 bits per heavy atom. The second-order valence-corrected chi connectivity index (χ2v) is 16.8. The van der Waals surface area contributed by atoms with Gasteiger partial charge in [0.25, 0.3) is 5.91 Å². The van der Waals surface area contributed by atoms with Crippen LogP contribution in [0.5, 0.6) is 0 Å². The maximum atomic E-state index is 14.3. The lowest BCUT2D eigenvalue weighted by Crippen LogP contribution is -2.56. The summed E-state index contributed by atoms with van der Waals surface area (Å²) in [6.07, 6.45) is 4.73. The van der Waals surface area contributed by atoms with Gasteiger partial charge in [-0.1, -0.05) is 36.7 Å². The average Bonchev–Trinajstić information content (AvgIpc) is 3.57. The molecule has 280 valence electrons. The number of nitrogens with zero attached hydrogens (tertiary/aromatic N) is 6. The molecule has 3 fully saturated rings.